The molecule has 0 heterocycles. The Morgan fingerprint density at radius 3 is 1.93 bits per heavy atom. The van der Waals surface area contributed by atoms with Crippen molar-refractivity contribution < 1.29 is 19.0 Å². The van der Waals surface area contributed by atoms with Crippen LogP contribution in [0.3, 0.4) is 0 Å². The second kappa shape index (κ2) is 13.7. The minimum absolute atomic E-state index is 0.383. The van der Waals surface area contributed by atoms with E-state index in [4.69, 9.17) is 14.2 Å². The first-order chi connectivity index (χ1) is 14.6. The summed E-state index contributed by atoms with van der Waals surface area (Å²) in [6, 6.07) is 14.3. The lowest BCUT2D eigenvalue weighted by atomic mass is 10.0. The number of rotatable bonds is 14. The fourth-order valence-corrected chi connectivity index (χ4v) is 3.00. The Morgan fingerprint density at radius 1 is 0.767 bits per heavy atom. The van der Waals surface area contributed by atoms with Gasteiger partial charge in [0, 0.05) is 0 Å². The van der Waals surface area contributed by atoms with Gasteiger partial charge in [0.2, 0.25) is 0 Å². The molecule has 0 radical (unpaired) electrons. The Morgan fingerprint density at radius 2 is 1.33 bits per heavy atom. The lowest BCUT2D eigenvalue weighted by Crippen LogP contribution is -2.08. The summed E-state index contributed by atoms with van der Waals surface area (Å²) in [5.74, 6) is 2.43. The lowest BCUT2D eigenvalue weighted by molar-refractivity contribution is 0.0734. The maximum atomic E-state index is 12.4. The van der Waals surface area contributed by atoms with Crippen LogP contribution in [0, 0.1) is 5.92 Å². The van der Waals surface area contributed by atoms with E-state index in [-0.39, 0.29) is 5.97 Å². The molecule has 2 aromatic carbocycles. The van der Waals surface area contributed by atoms with Crippen LogP contribution in [0.15, 0.2) is 48.5 Å². The van der Waals surface area contributed by atoms with E-state index in [9.17, 15) is 4.79 Å². The third kappa shape index (κ3) is 8.89. The van der Waals surface area contributed by atoms with Crippen molar-refractivity contribution in [1.82, 2.24) is 0 Å². The normalized spacial score (nSPS) is 11.7. The molecular weight excluding hydrogens is 376 g/mol. The molecule has 30 heavy (non-hydrogen) atoms. The molecule has 0 aliphatic carbocycles. The van der Waals surface area contributed by atoms with Crippen molar-refractivity contribution in [3.63, 3.8) is 0 Å². The van der Waals surface area contributed by atoms with E-state index < -0.39 is 0 Å². The lowest BCUT2D eigenvalue weighted by Gasteiger charge is -2.10. The van der Waals surface area contributed by atoms with Crippen LogP contribution in [0.2, 0.25) is 0 Å². The Hall–Kier alpha value is -2.49. The van der Waals surface area contributed by atoms with Crippen molar-refractivity contribution >= 4 is 5.97 Å². The fraction of sp³-hybridized carbons (Fsp3) is 0.500. The van der Waals surface area contributed by atoms with Crippen LogP contribution in [0.25, 0.3) is 0 Å². The molecule has 0 saturated heterocycles. The summed E-state index contributed by atoms with van der Waals surface area (Å²) < 4.78 is 16.9. The van der Waals surface area contributed by atoms with E-state index in [0.29, 0.717) is 24.5 Å². The molecule has 0 spiro atoms. The molecule has 164 valence electrons. The maximum Gasteiger partial charge on any atom is 0.343 e. The Bertz CT molecular complexity index is 722. The average molecular weight is 413 g/mol. The summed E-state index contributed by atoms with van der Waals surface area (Å²) >= 11 is 0. The van der Waals surface area contributed by atoms with Gasteiger partial charge in [-0.05, 0) is 73.7 Å². The maximum absolute atomic E-state index is 12.4. The topological polar surface area (TPSA) is 44.8 Å². The number of hydrogen-bond acceptors (Lipinski definition) is 4. The number of esters is 1. The standard InChI is InChI=1S/C26H36O4/c1-4-6-7-8-19-28-23-13-11-22(12-14-23)26(27)30-25-17-15-24(16-18-25)29-20-9-10-21(3)5-2/h11-18,21H,4-10,19-20H2,1-3H3/t21-/m0/s1. The molecule has 0 N–H and O–H groups in total. The van der Waals surface area contributed by atoms with E-state index >= 15 is 0 Å². The molecule has 2 aromatic rings. The molecule has 0 unspecified atom stereocenters. The molecule has 0 aromatic heterocycles. The number of carbonyl (C=O) groups excluding carboxylic acids is 1. The van der Waals surface area contributed by atoms with Crippen LogP contribution in [0.1, 0.15) is 76.1 Å². The van der Waals surface area contributed by atoms with Gasteiger partial charge >= 0.3 is 5.97 Å². The minimum Gasteiger partial charge on any atom is -0.494 e. The fourth-order valence-electron chi connectivity index (χ4n) is 3.00. The van der Waals surface area contributed by atoms with Crippen LogP contribution in [0.4, 0.5) is 0 Å². The highest BCUT2D eigenvalue weighted by Crippen LogP contribution is 2.20. The van der Waals surface area contributed by atoms with Gasteiger partial charge in [-0.2, -0.15) is 0 Å². The highest BCUT2D eigenvalue weighted by Gasteiger charge is 2.09. The SMILES string of the molecule is CCCCCCOc1ccc(C(=O)Oc2ccc(OCCC[C@@H](C)CC)cc2)cc1. The summed E-state index contributed by atoms with van der Waals surface area (Å²) in [6.45, 7) is 8.07. The Labute approximate surface area is 181 Å². The van der Waals surface area contributed by atoms with Gasteiger partial charge in [-0.1, -0.05) is 46.5 Å². The molecule has 2 rings (SSSR count). The summed E-state index contributed by atoms with van der Waals surface area (Å²) in [5.41, 5.74) is 0.499. The minimum atomic E-state index is -0.383. The van der Waals surface area contributed by atoms with Crippen LogP contribution >= 0.6 is 0 Å². The quantitative estimate of drug-likeness (QED) is 0.189. The molecule has 4 nitrogen and oxygen atoms in total. The number of benzene rings is 2. The number of carbonyl (C=O) groups is 1. The molecule has 1 atom stereocenters. The highest BCUT2D eigenvalue weighted by atomic mass is 16.5. The van der Waals surface area contributed by atoms with Crippen LogP contribution in [0.5, 0.6) is 17.2 Å². The van der Waals surface area contributed by atoms with Crippen molar-refractivity contribution in [3.05, 3.63) is 54.1 Å². The predicted molar refractivity (Wildman–Crippen MR) is 122 cm³/mol. The van der Waals surface area contributed by atoms with Gasteiger partial charge in [0.1, 0.15) is 17.2 Å². The third-order valence-corrected chi connectivity index (χ3v) is 5.20. The predicted octanol–water partition coefficient (Wildman–Crippen LogP) is 7.07. The monoisotopic (exact) mass is 412 g/mol. The van der Waals surface area contributed by atoms with Crippen molar-refractivity contribution in [2.45, 2.75) is 65.7 Å². The van der Waals surface area contributed by atoms with E-state index in [1.54, 1.807) is 24.3 Å². The Kier molecular flexibility index (Phi) is 10.8. The van der Waals surface area contributed by atoms with Crippen LogP contribution in [-0.4, -0.2) is 19.2 Å². The first kappa shape index (κ1) is 23.8. The first-order valence-electron chi connectivity index (χ1n) is 11.3. The van der Waals surface area contributed by atoms with Crippen molar-refractivity contribution in [2.24, 2.45) is 5.92 Å². The van der Waals surface area contributed by atoms with Crippen molar-refractivity contribution in [2.75, 3.05) is 13.2 Å². The van der Waals surface area contributed by atoms with Gasteiger partial charge in [0.25, 0.3) is 0 Å². The summed E-state index contributed by atoms with van der Waals surface area (Å²) in [4.78, 5) is 12.4. The average Bonchev–Trinajstić information content (AvgIpc) is 2.78. The molecule has 0 aliphatic rings. The van der Waals surface area contributed by atoms with E-state index in [1.807, 2.05) is 24.3 Å². The van der Waals surface area contributed by atoms with E-state index in [1.165, 1.54) is 32.1 Å². The van der Waals surface area contributed by atoms with Gasteiger partial charge in [0.15, 0.2) is 0 Å². The van der Waals surface area contributed by atoms with Gasteiger partial charge in [-0.15, -0.1) is 0 Å². The zero-order chi connectivity index (χ0) is 21.6. The van der Waals surface area contributed by atoms with Gasteiger partial charge in [-0.3, -0.25) is 0 Å². The second-order valence-electron chi connectivity index (χ2n) is 7.80. The summed E-state index contributed by atoms with van der Waals surface area (Å²) in [7, 11) is 0. The smallest absolute Gasteiger partial charge is 0.343 e. The van der Waals surface area contributed by atoms with Gasteiger partial charge < -0.3 is 14.2 Å². The van der Waals surface area contributed by atoms with Crippen LogP contribution in [-0.2, 0) is 0 Å². The van der Waals surface area contributed by atoms with Crippen LogP contribution < -0.4 is 14.2 Å². The van der Waals surface area contributed by atoms with E-state index in [0.717, 1.165) is 30.3 Å². The molecular formula is C26H36O4. The van der Waals surface area contributed by atoms with E-state index in [2.05, 4.69) is 20.8 Å². The first-order valence-corrected chi connectivity index (χ1v) is 11.3. The summed E-state index contributed by atoms with van der Waals surface area (Å²) in [6.07, 6.45) is 8.11. The van der Waals surface area contributed by atoms with Crippen molar-refractivity contribution in [3.8, 4) is 17.2 Å². The number of ether oxygens (including phenoxy) is 3. The zero-order valence-electron chi connectivity index (χ0n) is 18.7. The van der Waals surface area contributed by atoms with Gasteiger partial charge in [0.05, 0.1) is 18.8 Å². The second-order valence-corrected chi connectivity index (χ2v) is 7.80. The third-order valence-electron chi connectivity index (χ3n) is 5.20. The molecule has 0 amide bonds. The number of hydrogen-bond donors (Lipinski definition) is 0. The summed E-state index contributed by atoms with van der Waals surface area (Å²) in [5, 5.41) is 0. The Balaban J connectivity index is 1.74. The molecule has 0 saturated carbocycles. The number of unbranched alkanes of at least 4 members (excludes halogenated alkanes) is 3. The molecule has 4 heteroatoms. The highest BCUT2D eigenvalue weighted by molar-refractivity contribution is 5.91. The molecule has 0 aliphatic heterocycles. The van der Waals surface area contributed by atoms with Crippen molar-refractivity contribution in [1.29, 1.82) is 0 Å². The largest absolute Gasteiger partial charge is 0.494 e. The molecule has 0 bridgehead atoms. The zero-order valence-corrected chi connectivity index (χ0v) is 18.7. The molecule has 0 fully saturated rings. The van der Waals surface area contributed by atoms with Gasteiger partial charge in [-0.25, -0.2) is 4.79 Å².